The van der Waals surface area contributed by atoms with Gasteiger partial charge in [0.2, 0.25) is 0 Å². The van der Waals surface area contributed by atoms with Gasteiger partial charge < -0.3 is 4.43 Å². The molecule has 0 aliphatic carbocycles. The van der Waals surface area contributed by atoms with Crippen LogP contribution in [0.1, 0.15) is 110 Å². The van der Waals surface area contributed by atoms with Gasteiger partial charge in [0, 0.05) is 7.11 Å². The first-order chi connectivity index (χ1) is 11.1. The summed E-state index contributed by atoms with van der Waals surface area (Å²) in [5.74, 6) is 0. The van der Waals surface area contributed by atoms with Crippen molar-refractivity contribution in [3.8, 4) is 0 Å². The fourth-order valence-electron chi connectivity index (χ4n) is 2.98. The van der Waals surface area contributed by atoms with E-state index in [1.807, 2.05) is 0 Å². The highest BCUT2D eigenvalue weighted by Crippen LogP contribution is 2.24. The van der Waals surface area contributed by atoms with Gasteiger partial charge in [0.05, 0.1) is 0 Å². The molecule has 0 heterocycles. The first-order valence-corrected chi connectivity index (χ1v) is 14.2. The van der Waals surface area contributed by atoms with E-state index in [1.54, 1.807) is 7.11 Å². The molecule has 0 rings (SSSR count). The zero-order chi connectivity index (χ0) is 17.2. The van der Waals surface area contributed by atoms with Crippen molar-refractivity contribution in [3.05, 3.63) is 0 Å². The minimum Gasteiger partial charge on any atom is -0.396 e. The molecule has 0 radical (unpaired) electrons. The summed E-state index contributed by atoms with van der Waals surface area (Å²) in [7, 11) is 1.62. The number of hydrogen-bond acceptors (Lipinski definition) is 1. The number of unbranched alkanes of at least 4 members (excludes halogenated alkanes) is 15. The molecule has 0 spiro atoms. The molecule has 0 aromatic carbocycles. The maximum absolute atomic E-state index is 6.07. The van der Waals surface area contributed by atoms with E-state index < -0.39 is 6.94 Å². The van der Waals surface area contributed by atoms with Crippen LogP contribution in [0.15, 0.2) is 0 Å². The van der Waals surface area contributed by atoms with Crippen LogP contribution in [0, 0.1) is 0 Å². The Balaban J connectivity index is 3.05. The third-order valence-electron chi connectivity index (χ3n) is 4.62. The first-order valence-electron chi connectivity index (χ1n) is 10.1. The predicted octanol–water partition coefficient (Wildman–Crippen LogP) is 8.31. The number of rotatable bonds is 18. The molecule has 23 heavy (non-hydrogen) atoms. The van der Waals surface area contributed by atoms with Gasteiger partial charge in [-0.25, -0.2) is 0 Å². The van der Waals surface area contributed by atoms with Crippen molar-refractivity contribution in [2.24, 2.45) is 0 Å². The van der Waals surface area contributed by atoms with Crippen LogP contribution in [0.4, 0.5) is 0 Å². The van der Waals surface area contributed by atoms with E-state index in [0.29, 0.717) is 0 Å². The highest BCUT2D eigenvalue weighted by atomic mass is 35.7. The lowest BCUT2D eigenvalue weighted by Gasteiger charge is -2.13. The molecule has 0 N–H and O–H groups in total. The molecule has 0 aliphatic rings. The van der Waals surface area contributed by atoms with E-state index in [0.717, 1.165) is 12.5 Å². The third kappa shape index (κ3) is 18.9. The van der Waals surface area contributed by atoms with E-state index >= 15 is 0 Å². The Morgan fingerprint density at radius 1 is 0.565 bits per heavy atom. The summed E-state index contributed by atoms with van der Waals surface area (Å²) in [6, 6.07) is 0.866. The second-order valence-corrected chi connectivity index (χ2v) is 13.3. The van der Waals surface area contributed by atoms with Crippen molar-refractivity contribution in [2.75, 3.05) is 7.11 Å². The van der Waals surface area contributed by atoms with Gasteiger partial charge in [-0.15, -0.1) is 22.2 Å². The molecule has 0 fully saturated rings. The zero-order valence-electron chi connectivity index (χ0n) is 15.7. The van der Waals surface area contributed by atoms with Crippen molar-refractivity contribution in [3.63, 3.8) is 0 Å². The van der Waals surface area contributed by atoms with Crippen LogP contribution in [-0.4, -0.2) is 14.0 Å². The lowest BCUT2D eigenvalue weighted by molar-refractivity contribution is 0.424. The predicted molar refractivity (Wildman–Crippen MR) is 109 cm³/mol. The van der Waals surface area contributed by atoms with Gasteiger partial charge in [0.25, 0.3) is 0 Å². The van der Waals surface area contributed by atoms with Crippen LogP contribution in [-0.2, 0) is 4.43 Å². The van der Waals surface area contributed by atoms with Gasteiger partial charge in [-0.05, 0) is 6.04 Å². The molecular weight excluding hydrogens is 343 g/mol. The molecule has 0 aliphatic heterocycles. The molecular formula is C19H40Cl2OSi. The molecule has 0 saturated carbocycles. The van der Waals surface area contributed by atoms with Crippen LogP contribution in [0.2, 0.25) is 6.04 Å². The second-order valence-electron chi connectivity index (χ2n) is 6.89. The van der Waals surface area contributed by atoms with Crippen molar-refractivity contribution >= 4 is 29.1 Å². The number of halogens is 2. The Bertz CT molecular complexity index is 237. The standard InChI is InChI=1S/C19H40Cl2OSi/c1-3-4-5-6-7-8-9-10-11-12-13-14-15-16-17-18-19-23(20,21)22-2/h3-19H2,1-2H3. The number of hydrogen-bond donors (Lipinski definition) is 0. The summed E-state index contributed by atoms with van der Waals surface area (Å²) >= 11 is 12.1. The topological polar surface area (TPSA) is 9.23 Å². The van der Waals surface area contributed by atoms with Crippen molar-refractivity contribution in [1.82, 2.24) is 0 Å². The molecule has 0 unspecified atom stereocenters. The molecule has 0 aromatic rings. The Kier molecular flexibility index (Phi) is 18.2. The molecule has 0 bridgehead atoms. The summed E-state index contributed by atoms with van der Waals surface area (Å²) in [5.41, 5.74) is 0. The third-order valence-corrected chi connectivity index (χ3v) is 8.21. The van der Waals surface area contributed by atoms with Crippen LogP contribution in [0.3, 0.4) is 0 Å². The van der Waals surface area contributed by atoms with Crippen molar-refractivity contribution < 1.29 is 4.43 Å². The quantitative estimate of drug-likeness (QED) is 0.131. The largest absolute Gasteiger partial charge is 0.396 e. The molecule has 0 amide bonds. The van der Waals surface area contributed by atoms with Gasteiger partial charge in [-0.3, -0.25) is 0 Å². The molecule has 4 heteroatoms. The second kappa shape index (κ2) is 17.6. The summed E-state index contributed by atoms with van der Waals surface area (Å²) in [4.78, 5) is 0. The maximum Gasteiger partial charge on any atom is 0.389 e. The summed E-state index contributed by atoms with van der Waals surface area (Å²) in [6.45, 7) is -0.0552. The molecule has 0 atom stereocenters. The van der Waals surface area contributed by atoms with E-state index in [2.05, 4.69) is 6.92 Å². The minimum absolute atomic E-state index is 0.866. The molecule has 0 aromatic heterocycles. The van der Waals surface area contributed by atoms with Gasteiger partial charge >= 0.3 is 6.94 Å². The summed E-state index contributed by atoms with van der Waals surface area (Å²) in [6.07, 6.45) is 22.2. The molecule has 0 saturated heterocycles. The van der Waals surface area contributed by atoms with Crippen molar-refractivity contribution in [2.45, 2.75) is 116 Å². The minimum atomic E-state index is -2.34. The van der Waals surface area contributed by atoms with Crippen LogP contribution >= 0.6 is 22.2 Å². The van der Waals surface area contributed by atoms with E-state index in [1.165, 1.54) is 96.3 Å². The Morgan fingerprint density at radius 3 is 1.17 bits per heavy atom. The SMILES string of the molecule is CCCCCCCCCCCCCCCCCC[Si](Cl)(Cl)OC. The molecule has 140 valence electrons. The van der Waals surface area contributed by atoms with Crippen LogP contribution < -0.4 is 0 Å². The lowest BCUT2D eigenvalue weighted by Crippen LogP contribution is -2.21. The Morgan fingerprint density at radius 2 is 0.870 bits per heavy atom. The average Bonchev–Trinajstić information content (AvgIpc) is 2.54. The van der Waals surface area contributed by atoms with E-state index in [-0.39, 0.29) is 0 Å². The van der Waals surface area contributed by atoms with E-state index in [9.17, 15) is 0 Å². The van der Waals surface area contributed by atoms with Crippen LogP contribution in [0.5, 0.6) is 0 Å². The van der Waals surface area contributed by atoms with Crippen LogP contribution in [0.25, 0.3) is 0 Å². The lowest BCUT2D eigenvalue weighted by atomic mass is 10.0. The summed E-state index contributed by atoms with van der Waals surface area (Å²) in [5, 5.41) is 0. The van der Waals surface area contributed by atoms with Gasteiger partial charge in [-0.1, -0.05) is 110 Å². The fraction of sp³-hybridized carbons (Fsp3) is 1.00. The highest BCUT2D eigenvalue weighted by molar-refractivity contribution is 7.42. The van der Waals surface area contributed by atoms with Gasteiger partial charge in [-0.2, -0.15) is 0 Å². The molecule has 1 nitrogen and oxygen atoms in total. The normalized spacial score (nSPS) is 12.0. The smallest absolute Gasteiger partial charge is 0.389 e. The van der Waals surface area contributed by atoms with Gasteiger partial charge in [0.15, 0.2) is 0 Å². The Hall–Kier alpha value is 0.757. The highest BCUT2D eigenvalue weighted by Gasteiger charge is 2.27. The average molecular weight is 384 g/mol. The summed E-state index contributed by atoms with van der Waals surface area (Å²) < 4.78 is 5.13. The maximum atomic E-state index is 6.07. The van der Waals surface area contributed by atoms with Crippen molar-refractivity contribution in [1.29, 1.82) is 0 Å². The monoisotopic (exact) mass is 382 g/mol. The van der Waals surface area contributed by atoms with E-state index in [4.69, 9.17) is 26.6 Å². The zero-order valence-corrected chi connectivity index (χ0v) is 18.2. The fourth-order valence-corrected chi connectivity index (χ4v) is 4.65. The van der Waals surface area contributed by atoms with Gasteiger partial charge in [0.1, 0.15) is 0 Å². The Labute approximate surface area is 156 Å². The first kappa shape index (κ1) is 23.8.